The Kier molecular flexibility index (Phi) is 6.57. The Morgan fingerprint density at radius 3 is 2.77 bits per heavy atom. The number of aromatic nitrogens is 2. The Bertz CT molecular complexity index is 1000. The Labute approximate surface area is 186 Å². The number of carbonyl (C=O) groups excluding carboxylic acids is 1. The number of carboxylic acids is 1. The number of allylic oxidation sites excluding steroid dienone is 1. The molecule has 0 spiro atoms. The van der Waals surface area contributed by atoms with Crippen LogP contribution in [0.15, 0.2) is 48.3 Å². The van der Waals surface area contributed by atoms with Crippen molar-refractivity contribution in [2.75, 3.05) is 13.1 Å². The second kappa shape index (κ2) is 9.36. The number of rotatable bonds is 8. The molecule has 1 aromatic heterocycles. The molecule has 2 unspecified atom stereocenters. The highest BCUT2D eigenvalue weighted by atomic mass is 32.1. The fourth-order valence-electron chi connectivity index (χ4n) is 4.11. The molecule has 0 amide bonds. The minimum atomic E-state index is -0.893. The van der Waals surface area contributed by atoms with Crippen LogP contribution in [0.25, 0.3) is 0 Å². The van der Waals surface area contributed by atoms with Crippen molar-refractivity contribution in [3.63, 3.8) is 0 Å². The van der Waals surface area contributed by atoms with Crippen LogP contribution >= 0.6 is 12.6 Å². The second-order valence-corrected chi connectivity index (χ2v) is 8.92. The zero-order valence-electron chi connectivity index (χ0n) is 17.2. The quantitative estimate of drug-likeness (QED) is 0.484. The highest BCUT2D eigenvalue weighted by molar-refractivity contribution is 7.81. The molecule has 4 rings (SSSR count). The molecule has 31 heavy (non-hydrogen) atoms. The first-order valence-corrected chi connectivity index (χ1v) is 11.1. The smallest absolute Gasteiger partial charge is 0.307 e. The van der Waals surface area contributed by atoms with Gasteiger partial charge in [0.15, 0.2) is 5.78 Å². The number of carbonyl (C=O) groups is 2. The van der Waals surface area contributed by atoms with Gasteiger partial charge in [-0.1, -0.05) is 24.3 Å². The first-order valence-electron chi connectivity index (χ1n) is 10.5. The minimum absolute atomic E-state index is 0.0301. The van der Waals surface area contributed by atoms with Crippen molar-refractivity contribution < 1.29 is 19.1 Å². The molecule has 2 atom stereocenters. The van der Waals surface area contributed by atoms with Crippen LogP contribution in [0.1, 0.15) is 36.4 Å². The predicted molar refractivity (Wildman–Crippen MR) is 117 cm³/mol. The van der Waals surface area contributed by atoms with E-state index in [-0.39, 0.29) is 29.2 Å². The lowest BCUT2D eigenvalue weighted by molar-refractivity contribution is -0.136. The van der Waals surface area contributed by atoms with Crippen LogP contribution in [0, 0.1) is 11.7 Å². The van der Waals surface area contributed by atoms with Crippen molar-refractivity contribution in [3.8, 4) is 0 Å². The molecule has 164 valence electrons. The van der Waals surface area contributed by atoms with Crippen LogP contribution in [0.5, 0.6) is 0 Å². The summed E-state index contributed by atoms with van der Waals surface area (Å²) in [6, 6.07) is 5.97. The maximum atomic E-state index is 14.6. The molecule has 2 aliphatic rings. The third-order valence-corrected chi connectivity index (χ3v) is 6.49. The Balaban J connectivity index is 1.52. The van der Waals surface area contributed by atoms with Gasteiger partial charge in [0.1, 0.15) is 5.82 Å². The van der Waals surface area contributed by atoms with E-state index in [1.54, 1.807) is 35.3 Å². The Morgan fingerprint density at radius 1 is 1.29 bits per heavy atom. The molecule has 1 aromatic carbocycles. The van der Waals surface area contributed by atoms with Crippen molar-refractivity contribution in [1.29, 1.82) is 0 Å². The molecule has 2 heterocycles. The number of halogens is 1. The summed E-state index contributed by atoms with van der Waals surface area (Å²) in [6.45, 7) is 1.70. The molecule has 1 saturated carbocycles. The van der Waals surface area contributed by atoms with Crippen molar-refractivity contribution >= 4 is 24.4 Å². The molecule has 1 N–H and O–H groups in total. The first kappa shape index (κ1) is 21.8. The number of hydrogen-bond donors (Lipinski definition) is 2. The summed E-state index contributed by atoms with van der Waals surface area (Å²) in [5.41, 5.74) is 2.16. The monoisotopic (exact) mass is 443 g/mol. The van der Waals surface area contributed by atoms with Gasteiger partial charge in [-0.25, -0.2) is 4.39 Å². The summed E-state index contributed by atoms with van der Waals surface area (Å²) < 4.78 is 16.3. The lowest BCUT2D eigenvalue weighted by Gasteiger charge is -2.37. The van der Waals surface area contributed by atoms with Gasteiger partial charge in [0, 0.05) is 41.6 Å². The standard InChI is InChI=1S/C23H26FN3O3S/c24-19-4-2-1-3-18(19)22(23(30)16-5-6-16)26-9-8-20(31)17(14-26)7-10-27-13-15(12-25-27)11-21(28)29/h1-4,7,12-13,16,20,22,31H,5-6,8-11,14H2,(H,28,29)/b17-7-. The number of hydrogen-bond acceptors (Lipinski definition) is 5. The SMILES string of the molecule is O=C(O)Cc1cnn(C/C=C2/CN(C(C(=O)C3CC3)c3ccccc3F)CCC2S)c1. The second-order valence-electron chi connectivity index (χ2n) is 8.30. The summed E-state index contributed by atoms with van der Waals surface area (Å²) in [4.78, 5) is 26.0. The number of ketones is 1. The number of piperidine rings is 1. The largest absolute Gasteiger partial charge is 0.481 e. The van der Waals surface area contributed by atoms with Crippen LogP contribution in [-0.4, -0.2) is 49.9 Å². The van der Waals surface area contributed by atoms with E-state index in [0.717, 1.165) is 24.8 Å². The normalized spacial score (nSPS) is 21.9. The summed E-state index contributed by atoms with van der Waals surface area (Å²) in [5.74, 6) is -1.10. The molecule has 8 heteroatoms. The summed E-state index contributed by atoms with van der Waals surface area (Å²) in [7, 11) is 0. The van der Waals surface area contributed by atoms with E-state index in [1.165, 1.54) is 6.07 Å². The Hall–Kier alpha value is -2.45. The molecule has 0 bridgehead atoms. The fraction of sp³-hybridized carbons (Fsp3) is 0.435. The zero-order chi connectivity index (χ0) is 22.0. The zero-order valence-corrected chi connectivity index (χ0v) is 18.0. The van der Waals surface area contributed by atoms with E-state index in [9.17, 15) is 14.0 Å². The third kappa shape index (κ3) is 5.25. The van der Waals surface area contributed by atoms with Gasteiger partial charge in [0.25, 0.3) is 0 Å². The average molecular weight is 444 g/mol. The van der Waals surface area contributed by atoms with E-state index in [4.69, 9.17) is 17.7 Å². The van der Waals surface area contributed by atoms with Crippen LogP contribution < -0.4 is 0 Å². The topological polar surface area (TPSA) is 75.4 Å². The number of thiol groups is 1. The number of Topliss-reactive ketones (excluding diaryl/α,β-unsaturated/α-hetero) is 1. The minimum Gasteiger partial charge on any atom is -0.481 e. The molecule has 6 nitrogen and oxygen atoms in total. The number of benzene rings is 1. The van der Waals surface area contributed by atoms with E-state index >= 15 is 0 Å². The first-order chi connectivity index (χ1) is 14.9. The predicted octanol–water partition coefficient (Wildman–Crippen LogP) is 3.30. The Morgan fingerprint density at radius 2 is 2.06 bits per heavy atom. The lowest BCUT2D eigenvalue weighted by atomic mass is 9.93. The molecule has 1 aliphatic heterocycles. The van der Waals surface area contributed by atoms with Gasteiger partial charge in [0.05, 0.1) is 25.2 Å². The van der Waals surface area contributed by atoms with Gasteiger partial charge in [-0.05, 0) is 30.9 Å². The van der Waals surface area contributed by atoms with Crippen LogP contribution in [0.3, 0.4) is 0 Å². The van der Waals surface area contributed by atoms with Crippen LogP contribution in [-0.2, 0) is 22.6 Å². The molecule has 0 radical (unpaired) electrons. The van der Waals surface area contributed by atoms with Crippen LogP contribution in [0.4, 0.5) is 4.39 Å². The fourth-order valence-corrected chi connectivity index (χ4v) is 4.42. The molecular weight excluding hydrogens is 417 g/mol. The molecule has 1 aliphatic carbocycles. The lowest BCUT2D eigenvalue weighted by Crippen LogP contribution is -2.42. The van der Waals surface area contributed by atoms with Crippen molar-refractivity contribution in [2.24, 2.45) is 5.92 Å². The van der Waals surface area contributed by atoms with Gasteiger partial charge in [-0.15, -0.1) is 0 Å². The van der Waals surface area contributed by atoms with E-state index < -0.39 is 12.0 Å². The number of carboxylic acid groups (broad SMARTS) is 1. The molecule has 1 saturated heterocycles. The van der Waals surface area contributed by atoms with Gasteiger partial charge in [-0.3, -0.25) is 19.2 Å². The van der Waals surface area contributed by atoms with Crippen molar-refractivity contribution in [1.82, 2.24) is 14.7 Å². The summed E-state index contributed by atoms with van der Waals surface area (Å²) >= 11 is 4.71. The molecule has 2 aromatic rings. The molecule has 2 fully saturated rings. The van der Waals surface area contributed by atoms with E-state index in [0.29, 0.717) is 30.8 Å². The maximum Gasteiger partial charge on any atom is 0.307 e. The van der Waals surface area contributed by atoms with Gasteiger partial charge in [0.2, 0.25) is 0 Å². The maximum absolute atomic E-state index is 14.6. The summed E-state index contributed by atoms with van der Waals surface area (Å²) in [5, 5.41) is 13.2. The number of nitrogens with zero attached hydrogens (tertiary/aromatic N) is 3. The number of likely N-dealkylation sites (tertiary alicyclic amines) is 1. The van der Waals surface area contributed by atoms with Gasteiger partial charge in [-0.2, -0.15) is 17.7 Å². The van der Waals surface area contributed by atoms with E-state index in [1.807, 2.05) is 6.08 Å². The van der Waals surface area contributed by atoms with Gasteiger partial charge < -0.3 is 5.11 Å². The highest BCUT2D eigenvalue weighted by Gasteiger charge is 2.40. The summed E-state index contributed by atoms with van der Waals surface area (Å²) in [6.07, 6.45) is 7.77. The van der Waals surface area contributed by atoms with Crippen LogP contribution in [0.2, 0.25) is 0 Å². The van der Waals surface area contributed by atoms with Crippen molar-refractivity contribution in [2.45, 2.75) is 43.5 Å². The van der Waals surface area contributed by atoms with E-state index in [2.05, 4.69) is 10.00 Å². The third-order valence-electron chi connectivity index (χ3n) is 5.90. The van der Waals surface area contributed by atoms with Crippen molar-refractivity contribution in [3.05, 3.63) is 65.3 Å². The number of aliphatic carboxylic acids is 1. The van der Waals surface area contributed by atoms with Gasteiger partial charge >= 0.3 is 5.97 Å². The average Bonchev–Trinajstić information content (AvgIpc) is 3.50. The molecular formula is C23H26FN3O3S. The highest BCUT2D eigenvalue weighted by Crippen LogP contribution is 2.39.